The average molecular weight is 468 g/mol. The van der Waals surface area contributed by atoms with Gasteiger partial charge in [0.1, 0.15) is 5.75 Å². The van der Waals surface area contributed by atoms with Gasteiger partial charge in [0.2, 0.25) is 0 Å². The molecule has 2 N–H and O–H groups in total. The lowest BCUT2D eigenvalue weighted by Gasteiger charge is -2.12. The zero-order valence-electron chi connectivity index (χ0n) is 18.0. The molecule has 0 aliphatic carbocycles. The second-order valence-corrected chi connectivity index (χ2v) is 7.09. The summed E-state index contributed by atoms with van der Waals surface area (Å²) in [5.74, 6) is 0.631. The van der Waals surface area contributed by atoms with Crippen LogP contribution in [0.25, 0.3) is 0 Å². The molecule has 0 heterocycles. The highest BCUT2D eigenvalue weighted by atomic mass is 35.5. The van der Waals surface area contributed by atoms with Gasteiger partial charge in [0, 0.05) is 10.6 Å². The largest absolute Gasteiger partial charge is 0.495 e. The molecule has 2 amide bonds. The van der Waals surface area contributed by atoms with E-state index in [-0.39, 0.29) is 18.4 Å². The van der Waals surface area contributed by atoms with Gasteiger partial charge in [0.05, 0.1) is 26.1 Å². The Morgan fingerprint density at radius 3 is 2.39 bits per heavy atom. The van der Waals surface area contributed by atoms with Gasteiger partial charge in [-0.3, -0.25) is 9.59 Å². The maximum atomic E-state index is 12.3. The van der Waals surface area contributed by atoms with E-state index in [9.17, 15) is 9.59 Å². The first-order valence-corrected chi connectivity index (χ1v) is 10.2. The highest BCUT2D eigenvalue weighted by Crippen LogP contribution is 2.28. The number of hydrogen-bond acceptors (Lipinski definition) is 6. The number of amides is 2. The highest BCUT2D eigenvalue weighted by molar-refractivity contribution is 6.30. The summed E-state index contributed by atoms with van der Waals surface area (Å²) in [6.45, 7) is -0.223. The van der Waals surface area contributed by atoms with E-state index in [1.54, 1.807) is 60.7 Å². The molecule has 0 aromatic heterocycles. The number of hydrazone groups is 1. The van der Waals surface area contributed by atoms with Crippen molar-refractivity contribution >= 4 is 35.3 Å². The normalized spacial score (nSPS) is 10.5. The number of carbonyl (C=O) groups is 2. The third-order valence-corrected chi connectivity index (χ3v) is 4.67. The fourth-order valence-electron chi connectivity index (χ4n) is 2.79. The minimum atomic E-state index is -0.365. The van der Waals surface area contributed by atoms with Crippen molar-refractivity contribution in [2.45, 2.75) is 0 Å². The molecule has 3 rings (SSSR count). The van der Waals surface area contributed by atoms with Crippen molar-refractivity contribution < 1.29 is 23.8 Å². The summed E-state index contributed by atoms with van der Waals surface area (Å²) in [4.78, 5) is 24.3. The molecule has 0 aliphatic heterocycles. The molecule has 8 nitrogen and oxygen atoms in total. The summed E-state index contributed by atoms with van der Waals surface area (Å²) in [5, 5.41) is 7.23. The van der Waals surface area contributed by atoms with Crippen LogP contribution >= 0.6 is 11.6 Å². The Labute approximate surface area is 196 Å². The van der Waals surface area contributed by atoms with E-state index in [0.29, 0.717) is 39.1 Å². The number of methoxy groups -OCH3 is 2. The number of nitrogens with zero attached hydrogens (tertiary/aromatic N) is 1. The predicted octanol–water partition coefficient (Wildman–Crippen LogP) is 4.14. The number of hydrogen-bond donors (Lipinski definition) is 2. The number of halogens is 1. The Morgan fingerprint density at radius 2 is 1.67 bits per heavy atom. The van der Waals surface area contributed by atoms with E-state index in [1.165, 1.54) is 20.4 Å². The first-order chi connectivity index (χ1) is 16.0. The number of para-hydroxylation sites is 2. The van der Waals surface area contributed by atoms with Crippen LogP contribution in [0.3, 0.4) is 0 Å². The van der Waals surface area contributed by atoms with E-state index >= 15 is 0 Å². The van der Waals surface area contributed by atoms with Crippen LogP contribution in [0.2, 0.25) is 5.02 Å². The number of benzene rings is 3. The molecule has 0 aliphatic rings. The molecule has 0 unspecified atom stereocenters. The lowest BCUT2D eigenvalue weighted by atomic mass is 10.2. The van der Waals surface area contributed by atoms with Gasteiger partial charge < -0.3 is 19.5 Å². The van der Waals surface area contributed by atoms with Crippen molar-refractivity contribution in [3.05, 3.63) is 82.9 Å². The lowest BCUT2D eigenvalue weighted by molar-refractivity contribution is -0.118. The Kier molecular flexibility index (Phi) is 8.26. The second kappa shape index (κ2) is 11.5. The summed E-state index contributed by atoms with van der Waals surface area (Å²) in [6, 6.07) is 18.6. The Balaban J connectivity index is 1.57. The molecular formula is C24H22ClN3O5. The van der Waals surface area contributed by atoms with Crippen LogP contribution in [-0.2, 0) is 4.79 Å². The van der Waals surface area contributed by atoms with E-state index < -0.39 is 0 Å². The quantitative estimate of drug-likeness (QED) is 0.364. The molecule has 0 spiro atoms. The Bertz CT molecular complexity index is 1150. The monoisotopic (exact) mass is 467 g/mol. The zero-order chi connectivity index (χ0) is 23.6. The van der Waals surface area contributed by atoms with Crippen LogP contribution < -0.4 is 25.0 Å². The maximum Gasteiger partial charge on any atom is 0.271 e. The molecule has 0 radical (unpaired) electrons. The van der Waals surface area contributed by atoms with Gasteiger partial charge in [-0.2, -0.15) is 5.10 Å². The highest BCUT2D eigenvalue weighted by Gasteiger charge is 2.11. The van der Waals surface area contributed by atoms with E-state index in [2.05, 4.69) is 15.8 Å². The first kappa shape index (κ1) is 23.6. The molecule has 170 valence electrons. The second-order valence-electron chi connectivity index (χ2n) is 6.65. The van der Waals surface area contributed by atoms with Gasteiger partial charge in [0.15, 0.2) is 18.1 Å². The summed E-state index contributed by atoms with van der Waals surface area (Å²) >= 11 is 5.82. The van der Waals surface area contributed by atoms with Crippen LogP contribution in [0, 0.1) is 0 Å². The number of ether oxygens (including phenoxy) is 3. The minimum Gasteiger partial charge on any atom is -0.495 e. The average Bonchev–Trinajstić information content (AvgIpc) is 2.83. The molecule has 0 atom stereocenters. The molecular weight excluding hydrogens is 446 g/mol. The van der Waals surface area contributed by atoms with Gasteiger partial charge >= 0.3 is 0 Å². The van der Waals surface area contributed by atoms with Crippen LogP contribution in [0.1, 0.15) is 15.9 Å². The van der Waals surface area contributed by atoms with Crippen molar-refractivity contribution in [3.8, 4) is 17.2 Å². The molecule has 3 aromatic rings. The summed E-state index contributed by atoms with van der Waals surface area (Å²) in [7, 11) is 3.01. The molecule has 0 saturated carbocycles. The van der Waals surface area contributed by atoms with Gasteiger partial charge in [-0.25, -0.2) is 5.43 Å². The van der Waals surface area contributed by atoms with E-state index in [0.717, 1.165) is 0 Å². The minimum absolute atomic E-state index is 0.223. The van der Waals surface area contributed by atoms with Gasteiger partial charge in [0.25, 0.3) is 11.8 Å². The zero-order valence-corrected chi connectivity index (χ0v) is 18.8. The fraction of sp³-hybridized carbons (Fsp3) is 0.125. The topological polar surface area (TPSA) is 98.3 Å². The molecule has 0 saturated heterocycles. The van der Waals surface area contributed by atoms with E-state index in [4.69, 9.17) is 25.8 Å². The van der Waals surface area contributed by atoms with Crippen LogP contribution in [-0.4, -0.2) is 38.9 Å². The number of carbonyl (C=O) groups excluding carboxylic acids is 2. The van der Waals surface area contributed by atoms with E-state index in [1.807, 2.05) is 6.07 Å². The van der Waals surface area contributed by atoms with Crippen molar-refractivity contribution in [1.29, 1.82) is 0 Å². The van der Waals surface area contributed by atoms with Crippen molar-refractivity contribution in [2.24, 2.45) is 5.10 Å². The third-order valence-electron chi connectivity index (χ3n) is 4.41. The molecule has 0 bridgehead atoms. The molecule has 33 heavy (non-hydrogen) atoms. The number of rotatable bonds is 9. The van der Waals surface area contributed by atoms with Gasteiger partial charge in [-0.05, 0) is 60.2 Å². The predicted molar refractivity (Wildman–Crippen MR) is 127 cm³/mol. The van der Waals surface area contributed by atoms with Crippen LogP contribution in [0.15, 0.2) is 71.8 Å². The van der Waals surface area contributed by atoms with Crippen molar-refractivity contribution in [1.82, 2.24) is 5.43 Å². The first-order valence-electron chi connectivity index (χ1n) is 9.83. The Morgan fingerprint density at radius 1 is 0.939 bits per heavy atom. The standard InChI is InChI=1S/C24H22ClN3O5/c1-31-20-6-4-3-5-19(20)27-23(29)15-33-21-12-7-16(13-22(21)32-2)14-26-28-24(30)17-8-10-18(25)11-9-17/h3-14H,15H2,1-2H3,(H,27,29)(H,28,30)/b26-14+. The van der Waals surface area contributed by atoms with Crippen LogP contribution in [0.4, 0.5) is 5.69 Å². The Hall–Kier alpha value is -4.04. The summed E-state index contributed by atoms with van der Waals surface area (Å²) in [6.07, 6.45) is 1.47. The molecule has 0 fully saturated rings. The summed E-state index contributed by atoms with van der Waals surface area (Å²) < 4.78 is 16.2. The van der Waals surface area contributed by atoms with Gasteiger partial charge in [-0.1, -0.05) is 23.7 Å². The number of anilines is 1. The fourth-order valence-corrected chi connectivity index (χ4v) is 2.92. The molecule has 3 aromatic carbocycles. The summed E-state index contributed by atoms with van der Waals surface area (Å²) in [5.41, 5.74) is 4.09. The maximum absolute atomic E-state index is 12.3. The lowest BCUT2D eigenvalue weighted by Crippen LogP contribution is -2.20. The van der Waals surface area contributed by atoms with Crippen molar-refractivity contribution in [3.63, 3.8) is 0 Å². The SMILES string of the molecule is COc1ccccc1NC(=O)COc1ccc(/C=N/NC(=O)c2ccc(Cl)cc2)cc1OC. The molecule has 9 heteroatoms. The number of nitrogens with one attached hydrogen (secondary N) is 2. The third kappa shape index (κ3) is 6.72. The smallest absolute Gasteiger partial charge is 0.271 e. The van der Waals surface area contributed by atoms with Crippen molar-refractivity contribution in [2.75, 3.05) is 26.1 Å². The van der Waals surface area contributed by atoms with Gasteiger partial charge in [-0.15, -0.1) is 0 Å². The van der Waals surface area contributed by atoms with Crippen LogP contribution in [0.5, 0.6) is 17.2 Å².